The van der Waals surface area contributed by atoms with E-state index in [1.807, 2.05) is 0 Å². The third-order valence-electron chi connectivity index (χ3n) is 1.77. The van der Waals surface area contributed by atoms with Gasteiger partial charge in [0.15, 0.2) is 0 Å². The first-order valence-electron chi connectivity index (χ1n) is 4.46. The van der Waals surface area contributed by atoms with E-state index in [4.69, 9.17) is 14.8 Å². The van der Waals surface area contributed by atoms with Crippen molar-refractivity contribution in [3.05, 3.63) is 29.6 Å². The van der Waals surface area contributed by atoms with Crippen LogP contribution >= 0.6 is 0 Å². The van der Waals surface area contributed by atoms with Crippen LogP contribution in [0.4, 0.5) is 0 Å². The van der Waals surface area contributed by atoms with E-state index in [9.17, 15) is 4.79 Å². The van der Waals surface area contributed by atoms with Crippen LogP contribution in [0.15, 0.2) is 29.6 Å². The molecular weight excluding hydrogens is 199 g/mol. The predicted molar refractivity (Wildman–Crippen MR) is 53.1 cm³/mol. The van der Waals surface area contributed by atoms with Crippen molar-refractivity contribution in [2.45, 2.75) is 13.0 Å². The molecule has 80 valence electrons. The minimum absolute atomic E-state index is 0.174. The number of ether oxygens (including phenoxy) is 1. The van der Waals surface area contributed by atoms with Crippen molar-refractivity contribution < 1.29 is 24.2 Å². The first-order chi connectivity index (χ1) is 7.19. The Balaban J connectivity index is 2.86. The maximum Gasteiger partial charge on any atom is 0.707 e. The molecule has 0 saturated heterocycles. The van der Waals surface area contributed by atoms with Crippen molar-refractivity contribution in [1.82, 2.24) is 0 Å². The molecule has 1 rings (SSSR count). The van der Waals surface area contributed by atoms with E-state index >= 15 is 0 Å². The summed E-state index contributed by atoms with van der Waals surface area (Å²) in [6.45, 7) is 2.12. The van der Waals surface area contributed by atoms with Crippen molar-refractivity contribution in [2.24, 2.45) is 0 Å². The fourth-order valence-corrected chi connectivity index (χ4v) is 1.22. The van der Waals surface area contributed by atoms with Gasteiger partial charge in [-0.2, -0.15) is 0 Å². The molecule has 0 aromatic heterocycles. The fourth-order valence-electron chi connectivity index (χ4n) is 1.22. The van der Waals surface area contributed by atoms with Gasteiger partial charge in [0.25, 0.3) is 0 Å². The second-order valence-corrected chi connectivity index (χ2v) is 2.77. The minimum atomic E-state index is -1.93. The highest BCUT2D eigenvalue weighted by Gasteiger charge is 2.26. The molecule has 0 aromatic rings. The Labute approximate surface area is 87.5 Å². The third-order valence-corrected chi connectivity index (χ3v) is 1.77. The van der Waals surface area contributed by atoms with E-state index in [0.29, 0.717) is 6.61 Å². The molecule has 1 unspecified atom stereocenters. The van der Waals surface area contributed by atoms with E-state index in [1.54, 1.807) is 18.9 Å². The Morgan fingerprint density at radius 3 is 2.87 bits per heavy atom. The summed E-state index contributed by atoms with van der Waals surface area (Å²) < 4.78 is 9.92. The summed E-state index contributed by atoms with van der Waals surface area (Å²) in [5.41, 5.74) is 0.259. The van der Waals surface area contributed by atoms with Gasteiger partial charge in [-0.3, -0.25) is 0 Å². The molecule has 1 aliphatic rings. The third kappa shape index (κ3) is 3.07. The van der Waals surface area contributed by atoms with E-state index in [0.717, 1.165) is 0 Å². The standard InChI is InChI=1S/C9H11BO5/c1-2-14-9-7(6-11)4-3-5-8(9)15-10(12)13/h3-5,9,12-13H,2H2,1H3. The molecule has 0 radical (unpaired) electrons. The smallest absolute Gasteiger partial charge is 0.513 e. The molecule has 5 nitrogen and oxygen atoms in total. The summed E-state index contributed by atoms with van der Waals surface area (Å²) in [6, 6.07) is 0. The van der Waals surface area contributed by atoms with Crippen LogP contribution in [0.25, 0.3) is 0 Å². The molecule has 0 bridgehead atoms. The van der Waals surface area contributed by atoms with Gasteiger partial charge < -0.3 is 19.4 Å². The molecule has 0 aromatic carbocycles. The SMILES string of the molecule is CCOC1C(=C=O)C=CC=C1OB(O)O. The molecule has 15 heavy (non-hydrogen) atoms. The molecular formula is C9H11BO5. The minimum Gasteiger partial charge on any atom is -0.513 e. The van der Waals surface area contributed by atoms with Crippen LogP contribution in [0.2, 0.25) is 0 Å². The van der Waals surface area contributed by atoms with Gasteiger partial charge in [0.1, 0.15) is 17.8 Å². The van der Waals surface area contributed by atoms with Gasteiger partial charge in [-0.05, 0) is 19.1 Å². The van der Waals surface area contributed by atoms with E-state index in [-0.39, 0.29) is 11.3 Å². The maximum atomic E-state index is 10.6. The summed E-state index contributed by atoms with van der Waals surface area (Å²) in [5, 5.41) is 17.3. The molecule has 0 spiro atoms. The summed E-state index contributed by atoms with van der Waals surface area (Å²) in [6.07, 6.45) is 3.86. The number of rotatable bonds is 4. The van der Waals surface area contributed by atoms with Crippen molar-refractivity contribution in [2.75, 3.05) is 6.61 Å². The highest BCUT2D eigenvalue weighted by atomic mass is 16.6. The molecule has 0 saturated carbocycles. The van der Waals surface area contributed by atoms with Crippen LogP contribution in [0.3, 0.4) is 0 Å². The summed E-state index contributed by atoms with van der Waals surface area (Å²) in [4.78, 5) is 10.6. The van der Waals surface area contributed by atoms with Crippen LogP contribution < -0.4 is 0 Å². The van der Waals surface area contributed by atoms with Crippen LogP contribution in [-0.2, 0) is 14.2 Å². The molecule has 2 N–H and O–H groups in total. The zero-order valence-electron chi connectivity index (χ0n) is 8.21. The van der Waals surface area contributed by atoms with Gasteiger partial charge in [-0.1, -0.05) is 6.08 Å². The first-order valence-corrected chi connectivity index (χ1v) is 4.46. The zero-order valence-corrected chi connectivity index (χ0v) is 8.21. The monoisotopic (exact) mass is 210 g/mol. The largest absolute Gasteiger partial charge is 0.707 e. The second-order valence-electron chi connectivity index (χ2n) is 2.77. The van der Waals surface area contributed by atoms with E-state index < -0.39 is 13.4 Å². The molecule has 6 heteroatoms. The molecule has 1 aliphatic carbocycles. The molecule has 1 atom stereocenters. The zero-order chi connectivity index (χ0) is 11.3. The Hall–Kier alpha value is -1.33. The predicted octanol–water partition coefficient (Wildman–Crippen LogP) is -0.411. The molecule has 0 aliphatic heterocycles. The fraction of sp³-hybridized carbons (Fsp3) is 0.333. The van der Waals surface area contributed by atoms with Gasteiger partial charge in [0, 0.05) is 6.61 Å². The quantitative estimate of drug-likeness (QED) is 0.487. The van der Waals surface area contributed by atoms with Crippen molar-refractivity contribution in [3.8, 4) is 0 Å². The highest BCUT2D eigenvalue weighted by molar-refractivity contribution is 6.33. The van der Waals surface area contributed by atoms with E-state index in [2.05, 4.69) is 4.65 Å². The van der Waals surface area contributed by atoms with E-state index in [1.165, 1.54) is 12.2 Å². The van der Waals surface area contributed by atoms with Gasteiger partial charge in [0.2, 0.25) is 0 Å². The lowest BCUT2D eigenvalue weighted by Crippen LogP contribution is -2.27. The number of allylic oxidation sites excluding steroid dienone is 2. The van der Waals surface area contributed by atoms with Crippen molar-refractivity contribution in [3.63, 3.8) is 0 Å². The van der Waals surface area contributed by atoms with Crippen molar-refractivity contribution in [1.29, 1.82) is 0 Å². The molecule has 0 fully saturated rings. The number of hydrogen-bond donors (Lipinski definition) is 2. The van der Waals surface area contributed by atoms with Crippen molar-refractivity contribution >= 4 is 13.3 Å². The van der Waals surface area contributed by atoms with Gasteiger partial charge in [-0.15, -0.1) is 0 Å². The van der Waals surface area contributed by atoms with Gasteiger partial charge in [0.05, 0.1) is 5.57 Å². The Morgan fingerprint density at radius 2 is 2.33 bits per heavy atom. The van der Waals surface area contributed by atoms with Gasteiger partial charge in [-0.25, -0.2) is 4.79 Å². The second kappa shape index (κ2) is 5.53. The summed E-state index contributed by atoms with van der Waals surface area (Å²) in [7, 11) is -1.93. The topological polar surface area (TPSA) is 76.0 Å². The molecule has 0 heterocycles. The number of carbonyl (C=O) groups excluding carboxylic acids is 1. The summed E-state index contributed by atoms with van der Waals surface area (Å²) in [5.74, 6) is 1.89. The van der Waals surface area contributed by atoms with Crippen LogP contribution in [-0.4, -0.2) is 36.0 Å². The lowest BCUT2D eigenvalue weighted by atomic mass is 10.0. The number of hydrogen-bond acceptors (Lipinski definition) is 5. The average molecular weight is 210 g/mol. The normalized spacial score (nSPS) is 19.5. The lowest BCUT2D eigenvalue weighted by molar-refractivity contribution is 0.0766. The average Bonchev–Trinajstić information content (AvgIpc) is 2.20. The Bertz CT molecular complexity index is 327. The van der Waals surface area contributed by atoms with Crippen LogP contribution in [0.5, 0.6) is 0 Å². The first kappa shape index (κ1) is 11.7. The molecule has 0 amide bonds. The Kier molecular flexibility index (Phi) is 4.33. The van der Waals surface area contributed by atoms with Gasteiger partial charge >= 0.3 is 7.32 Å². The summed E-state index contributed by atoms with van der Waals surface area (Å²) >= 11 is 0. The van der Waals surface area contributed by atoms with Crippen LogP contribution in [0.1, 0.15) is 6.92 Å². The van der Waals surface area contributed by atoms with Crippen LogP contribution in [0, 0.1) is 0 Å². The Morgan fingerprint density at radius 1 is 1.60 bits per heavy atom. The highest BCUT2D eigenvalue weighted by Crippen LogP contribution is 2.21. The lowest BCUT2D eigenvalue weighted by Gasteiger charge is -2.22. The maximum absolute atomic E-state index is 10.6.